The molecule has 1 aliphatic rings. The summed E-state index contributed by atoms with van der Waals surface area (Å²) >= 11 is 2.17. The van der Waals surface area contributed by atoms with E-state index in [1.807, 2.05) is 29.2 Å². The Morgan fingerprint density at radius 1 is 1.00 bits per heavy atom. The van der Waals surface area contributed by atoms with Crippen molar-refractivity contribution in [3.8, 4) is 0 Å². The first kappa shape index (κ1) is 17.9. The van der Waals surface area contributed by atoms with Crippen molar-refractivity contribution in [3.05, 3.63) is 33.4 Å². The highest BCUT2D eigenvalue weighted by Crippen LogP contribution is 2.16. The zero-order chi connectivity index (χ0) is 16.8. The van der Waals surface area contributed by atoms with E-state index in [4.69, 9.17) is 0 Å². The van der Waals surface area contributed by atoms with Gasteiger partial charge in [-0.05, 0) is 48.1 Å². The molecule has 23 heavy (non-hydrogen) atoms. The number of amides is 2. The van der Waals surface area contributed by atoms with Crippen LogP contribution in [0.1, 0.15) is 36.5 Å². The number of halogens is 1. The van der Waals surface area contributed by atoms with E-state index in [2.05, 4.69) is 22.6 Å². The number of benzene rings is 1. The number of carbonyl (C=O) groups excluding carboxylic acids is 3. The number of nitrogens with zero attached hydrogens (tertiary/aromatic N) is 2. The van der Waals surface area contributed by atoms with Crippen molar-refractivity contribution >= 4 is 40.2 Å². The van der Waals surface area contributed by atoms with Crippen molar-refractivity contribution in [1.29, 1.82) is 0 Å². The Labute approximate surface area is 150 Å². The van der Waals surface area contributed by atoms with Gasteiger partial charge in [-0.2, -0.15) is 0 Å². The van der Waals surface area contributed by atoms with Crippen LogP contribution < -0.4 is 0 Å². The maximum absolute atomic E-state index is 12.6. The van der Waals surface area contributed by atoms with Gasteiger partial charge in [0.1, 0.15) is 5.78 Å². The van der Waals surface area contributed by atoms with Crippen molar-refractivity contribution in [3.63, 3.8) is 0 Å². The van der Waals surface area contributed by atoms with Crippen LogP contribution in [0.2, 0.25) is 0 Å². The van der Waals surface area contributed by atoms with Gasteiger partial charge >= 0.3 is 0 Å². The predicted molar refractivity (Wildman–Crippen MR) is 96.2 cm³/mol. The highest BCUT2D eigenvalue weighted by molar-refractivity contribution is 14.1. The van der Waals surface area contributed by atoms with Gasteiger partial charge in [0.05, 0.1) is 5.56 Å². The Morgan fingerprint density at radius 2 is 1.65 bits per heavy atom. The lowest BCUT2D eigenvalue weighted by molar-refractivity contribution is -0.132. The fourth-order valence-corrected chi connectivity index (χ4v) is 3.23. The summed E-state index contributed by atoms with van der Waals surface area (Å²) in [5, 5.41) is 0. The van der Waals surface area contributed by atoms with Gasteiger partial charge in [-0.25, -0.2) is 0 Å². The quantitative estimate of drug-likeness (QED) is 0.692. The molecule has 0 bridgehead atoms. The molecule has 124 valence electrons. The fraction of sp³-hybridized carbons (Fsp3) is 0.471. The lowest BCUT2D eigenvalue weighted by Gasteiger charge is -2.22. The van der Waals surface area contributed by atoms with Crippen molar-refractivity contribution in [2.75, 3.05) is 26.2 Å². The molecule has 5 nitrogen and oxygen atoms in total. The van der Waals surface area contributed by atoms with Crippen LogP contribution in [0.25, 0.3) is 0 Å². The molecule has 0 unspecified atom stereocenters. The van der Waals surface area contributed by atoms with Crippen LogP contribution in [0.3, 0.4) is 0 Å². The molecular weight excluding hydrogens is 407 g/mol. The minimum absolute atomic E-state index is 0.00351. The standard InChI is InChI=1S/C17H21IN2O3/c1-13(21)7-8-16(22)19-9-4-10-20(12-11-19)17(23)14-5-2-3-6-15(14)18/h2-3,5-6H,4,7-12H2,1H3. The van der Waals surface area contributed by atoms with Crippen LogP contribution in [0.4, 0.5) is 0 Å². The largest absolute Gasteiger partial charge is 0.341 e. The fourth-order valence-electron chi connectivity index (χ4n) is 2.62. The maximum atomic E-state index is 12.6. The Morgan fingerprint density at radius 3 is 2.35 bits per heavy atom. The van der Waals surface area contributed by atoms with Crippen LogP contribution in [0.15, 0.2) is 24.3 Å². The molecule has 0 aliphatic carbocycles. The van der Waals surface area contributed by atoms with Gasteiger partial charge in [-0.1, -0.05) is 12.1 Å². The van der Waals surface area contributed by atoms with E-state index in [-0.39, 0.29) is 24.0 Å². The molecule has 1 aliphatic heterocycles. The van der Waals surface area contributed by atoms with Crippen LogP contribution >= 0.6 is 22.6 Å². The lowest BCUT2D eigenvalue weighted by atomic mass is 10.2. The molecule has 2 amide bonds. The van der Waals surface area contributed by atoms with Crippen molar-refractivity contribution < 1.29 is 14.4 Å². The summed E-state index contributed by atoms with van der Waals surface area (Å²) in [4.78, 5) is 39.4. The zero-order valence-corrected chi connectivity index (χ0v) is 15.4. The number of hydrogen-bond acceptors (Lipinski definition) is 3. The Kier molecular flexibility index (Phi) is 6.56. The summed E-state index contributed by atoms with van der Waals surface area (Å²) in [7, 11) is 0. The minimum Gasteiger partial charge on any atom is -0.341 e. The zero-order valence-electron chi connectivity index (χ0n) is 13.3. The second kappa shape index (κ2) is 8.42. The molecule has 0 radical (unpaired) electrons. The van der Waals surface area contributed by atoms with Crippen LogP contribution in [-0.4, -0.2) is 53.6 Å². The molecule has 1 heterocycles. The second-order valence-corrected chi connectivity index (χ2v) is 6.87. The van der Waals surface area contributed by atoms with E-state index in [9.17, 15) is 14.4 Å². The van der Waals surface area contributed by atoms with Crippen LogP contribution in [0.5, 0.6) is 0 Å². The number of hydrogen-bond donors (Lipinski definition) is 0. The maximum Gasteiger partial charge on any atom is 0.254 e. The number of rotatable bonds is 4. The van der Waals surface area contributed by atoms with E-state index in [1.165, 1.54) is 6.92 Å². The van der Waals surface area contributed by atoms with Crippen molar-refractivity contribution in [1.82, 2.24) is 9.80 Å². The third kappa shape index (κ3) is 5.02. The first-order chi connectivity index (χ1) is 11.0. The highest BCUT2D eigenvalue weighted by atomic mass is 127. The Balaban J connectivity index is 1.96. The summed E-state index contributed by atoms with van der Waals surface area (Å²) in [6.07, 6.45) is 1.32. The number of ketones is 1. The minimum atomic E-state index is 0.00351. The molecule has 0 atom stereocenters. The molecule has 0 spiro atoms. The summed E-state index contributed by atoms with van der Waals surface area (Å²) in [5.41, 5.74) is 0.712. The molecule has 1 saturated heterocycles. The van der Waals surface area contributed by atoms with Gasteiger partial charge in [0.25, 0.3) is 5.91 Å². The van der Waals surface area contributed by atoms with Crippen molar-refractivity contribution in [2.45, 2.75) is 26.2 Å². The average Bonchev–Trinajstić information content (AvgIpc) is 2.78. The Bertz CT molecular complexity index is 603. The molecule has 2 rings (SSSR count). The van der Waals surface area contributed by atoms with Gasteiger partial charge in [0, 0.05) is 42.6 Å². The highest BCUT2D eigenvalue weighted by Gasteiger charge is 2.23. The lowest BCUT2D eigenvalue weighted by Crippen LogP contribution is -2.37. The van der Waals surface area contributed by atoms with Gasteiger partial charge in [-0.15, -0.1) is 0 Å². The molecular formula is C17H21IN2O3. The number of Topliss-reactive ketones (excluding diaryl/α,β-unsaturated/α-hetero) is 1. The molecule has 1 aromatic carbocycles. The first-order valence-corrected chi connectivity index (χ1v) is 8.88. The molecule has 0 aromatic heterocycles. The van der Waals surface area contributed by atoms with E-state index in [1.54, 1.807) is 4.90 Å². The molecule has 1 fully saturated rings. The summed E-state index contributed by atoms with van der Waals surface area (Å²) in [6, 6.07) is 7.54. The predicted octanol–water partition coefficient (Wildman–Crippen LogP) is 2.33. The van der Waals surface area contributed by atoms with Crippen LogP contribution in [0, 0.1) is 3.57 Å². The van der Waals surface area contributed by atoms with Gasteiger partial charge in [0.2, 0.25) is 5.91 Å². The molecule has 6 heteroatoms. The van der Waals surface area contributed by atoms with Gasteiger partial charge in [-0.3, -0.25) is 9.59 Å². The summed E-state index contributed by atoms with van der Waals surface area (Å²) in [5.74, 6) is 0.0560. The van der Waals surface area contributed by atoms with E-state index in [0.29, 0.717) is 38.2 Å². The first-order valence-electron chi connectivity index (χ1n) is 7.80. The topological polar surface area (TPSA) is 57.7 Å². The molecule has 1 aromatic rings. The average molecular weight is 428 g/mol. The third-order valence-corrected chi connectivity index (χ3v) is 4.87. The summed E-state index contributed by atoms with van der Waals surface area (Å²) < 4.78 is 0.939. The molecule has 0 N–H and O–H groups in total. The Hall–Kier alpha value is -1.44. The smallest absolute Gasteiger partial charge is 0.254 e. The van der Waals surface area contributed by atoms with E-state index < -0.39 is 0 Å². The second-order valence-electron chi connectivity index (χ2n) is 5.71. The molecule has 0 saturated carbocycles. The van der Waals surface area contributed by atoms with Gasteiger partial charge < -0.3 is 14.6 Å². The van der Waals surface area contributed by atoms with Gasteiger partial charge in [0.15, 0.2) is 0 Å². The summed E-state index contributed by atoms with van der Waals surface area (Å²) in [6.45, 7) is 3.87. The SMILES string of the molecule is CC(=O)CCC(=O)N1CCCN(C(=O)c2ccccc2I)CC1. The van der Waals surface area contributed by atoms with E-state index in [0.717, 1.165) is 9.99 Å². The monoisotopic (exact) mass is 428 g/mol. The third-order valence-electron chi connectivity index (χ3n) is 3.93. The van der Waals surface area contributed by atoms with E-state index >= 15 is 0 Å². The van der Waals surface area contributed by atoms with Crippen LogP contribution in [-0.2, 0) is 9.59 Å². The number of carbonyl (C=O) groups is 3. The van der Waals surface area contributed by atoms with Crippen molar-refractivity contribution in [2.24, 2.45) is 0 Å². The normalized spacial score (nSPS) is 15.2.